The molecule has 0 spiro atoms. The summed E-state index contributed by atoms with van der Waals surface area (Å²) in [5.41, 5.74) is 1.26. The Morgan fingerprint density at radius 2 is 1.77 bits per heavy atom. The molecule has 0 unspecified atom stereocenters. The summed E-state index contributed by atoms with van der Waals surface area (Å²) in [5.74, 6) is 0.526. The molecule has 2 aromatic rings. The Hall–Kier alpha value is -2.14. The largest absolute Gasteiger partial charge is 0.353 e. The number of aromatic nitrogens is 1. The zero-order chi connectivity index (χ0) is 18.9. The lowest BCUT2D eigenvalue weighted by atomic mass is 10.1. The van der Waals surface area contributed by atoms with Crippen LogP contribution in [0.4, 0.5) is 5.82 Å². The molecule has 0 atom stereocenters. The van der Waals surface area contributed by atoms with E-state index in [1.54, 1.807) is 24.3 Å². The van der Waals surface area contributed by atoms with Gasteiger partial charge in [0.25, 0.3) is 0 Å². The molecule has 0 N–H and O–H groups in total. The van der Waals surface area contributed by atoms with Crippen LogP contribution in [0.1, 0.15) is 5.56 Å². The number of sulfone groups is 1. The number of nitrogens with zero attached hydrogens (tertiary/aromatic N) is 4. The van der Waals surface area contributed by atoms with Crippen LogP contribution in [0, 0.1) is 11.3 Å². The number of likely N-dealkylation sites (N-methyl/N-ethyl adjacent to an activating group) is 1. The van der Waals surface area contributed by atoms with E-state index in [2.05, 4.69) is 16.0 Å². The van der Waals surface area contributed by atoms with E-state index in [1.807, 2.05) is 11.9 Å². The molecule has 1 saturated heterocycles. The average molecular weight is 391 g/mol. The molecule has 26 heavy (non-hydrogen) atoms. The van der Waals surface area contributed by atoms with Crippen LogP contribution in [-0.4, -0.2) is 57.8 Å². The molecule has 6 nitrogen and oxygen atoms in total. The molecule has 1 fully saturated rings. The molecule has 0 bridgehead atoms. The molecular weight excluding hydrogens is 372 g/mol. The molecule has 136 valence electrons. The third-order valence-electron chi connectivity index (χ3n) is 4.41. The van der Waals surface area contributed by atoms with Crippen LogP contribution in [0.2, 0.25) is 5.02 Å². The van der Waals surface area contributed by atoms with E-state index >= 15 is 0 Å². The van der Waals surface area contributed by atoms with E-state index < -0.39 is 9.84 Å². The zero-order valence-electron chi connectivity index (χ0n) is 14.6. The van der Waals surface area contributed by atoms with Crippen molar-refractivity contribution in [3.63, 3.8) is 0 Å². The summed E-state index contributed by atoms with van der Waals surface area (Å²) in [6, 6.07) is 10.4. The number of piperazine rings is 1. The van der Waals surface area contributed by atoms with Crippen molar-refractivity contribution in [3.05, 3.63) is 40.9 Å². The number of hydrogen-bond donors (Lipinski definition) is 0. The summed E-state index contributed by atoms with van der Waals surface area (Å²) in [4.78, 5) is 8.91. The highest BCUT2D eigenvalue weighted by atomic mass is 35.5. The normalized spacial score (nSPS) is 15.7. The predicted octanol–water partition coefficient (Wildman–Crippen LogP) is 2.43. The van der Waals surface area contributed by atoms with Crippen molar-refractivity contribution in [2.75, 3.05) is 44.4 Å². The maximum absolute atomic E-state index is 12.3. The van der Waals surface area contributed by atoms with Crippen molar-refractivity contribution >= 4 is 27.3 Å². The fraction of sp³-hybridized carbons (Fsp3) is 0.333. The number of benzene rings is 1. The molecule has 0 saturated carbocycles. The Labute approximate surface area is 158 Å². The van der Waals surface area contributed by atoms with Crippen molar-refractivity contribution in [1.82, 2.24) is 9.88 Å². The standard InChI is InChI=1S/C18H19ClN4O2S/c1-22-7-9-23(10-8-22)18-14(12-20)11-16(26(2,24)25)17(21-18)13-3-5-15(19)6-4-13/h3-6,11H,7-10H2,1-2H3. The fourth-order valence-corrected chi connectivity index (χ4v) is 3.90. The minimum atomic E-state index is -3.55. The average Bonchev–Trinajstić information content (AvgIpc) is 2.61. The number of halogens is 1. The Kier molecular flexibility index (Phi) is 5.19. The summed E-state index contributed by atoms with van der Waals surface area (Å²) in [5, 5.41) is 10.1. The summed E-state index contributed by atoms with van der Waals surface area (Å²) in [6.07, 6.45) is 1.13. The number of rotatable bonds is 3. The number of pyridine rings is 1. The van der Waals surface area contributed by atoms with Crippen LogP contribution >= 0.6 is 11.6 Å². The fourth-order valence-electron chi connectivity index (χ4n) is 2.92. The smallest absolute Gasteiger partial charge is 0.177 e. The molecular formula is C18H19ClN4O2S. The number of hydrogen-bond acceptors (Lipinski definition) is 6. The zero-order valence-corrected chi connectivity index (χ0v) is 16.2. The first-order valence-electron chi connectivity index (χ1n) is 8.14. The van der Waals surface area contributed by atoms with Crippen LogP contribution in [0.3, 0.4) is 0 Å². The van der Waals surface area contributed by atoms with Gasteiger partial charge < -0.3 is 9.80 Å². The summed E-state index contributed by atoms with van der Waals surface area (Å²) >= 11 is 5.95. The van der Waals surface area contributed by atoms with Gasteiger partial charge in [-0.3, -0.25) is 0 Å². The topological polar surface area (TPSA) is 77.3 Å². The first kappa shape index (κ1) is 18.6. The molecule has 3 rings (SSSR count). The van der Waals surface area contributed by atoms with Crippen molar-refractivity contribution in [3.8, 4) is 17.3 Å². The second-order valence-corrected chi connectivity index (χ2v) is 8.81. The maximum Gasteiger partial charge on any atom is 0.177 e. The number of anilines is 1. The first-order chi connectivity index (χ1) is 12.3. The van der Waals surface area contributed by atoms with Crippen LogP contribution in [0.5, 0.6) is 0 Å². The highest BCUT2D eigenvalue weighted by molar-refractivity contribution is 7.90. The molecule has 0 aliphatic carbocycles. The van der Waals surface area contributed by atoms with Gasteiger partial charge in [0.1, 0.15) is 11.9 Å². The van der Waals surface area contributed by atoms with Crippen LogP contribution in [0.15, 0.2) is 35.2 Å². The third-order valence-corrected chi connectivity index (χ3v) is 5.77. The number of nitriles is 1. The van der Waals surface area contributed by atoms with Gasteiger partial charge in [-0.25, -0.2) is 13.4 Å². The van der Waals surface area contributed by atoms with Gasteiger partial charge in [0.05, 0.1) is 16.2 Å². The van der Waals surface area contributed by atoms with Gasteiger partial charge in [-0.1, -0.05) is 23.7 Å². The molecule has 0 amide bonds. The molecule has 8 heteroatoms. The monoisotopic (exact) mass is 390 g/mol. The lowest BCUT2D eigenvalue weighted by Crippen LogP contribution is -2.45. The van der Waals surface area contributed by atoms with E-state index in [0.717, 1.165) is 32.4 Å². The summed E-state index contributed by atoms with van der Waals surface area (Å²) in [7, 11) is -1.51. The summed E-state index contributed by atoms with van der Waals surface area (Å²) in [6.45, 7) is 3.18. The van der Waals surface area contributed by atoms with Gasteiger partial charge in [-0.05, 0) is 25.2 Å². The van der Waals surface area contributed by atoms with Crippen LogP contribution in [-0.2, 0) is 9.84 Å². The van der Waals surface area contributed by atoms with Gasteiger partial charge in [0, 0.05) is 43.0 Å². The minimum Gasteiger partial charge on any atom is -0.353 e. The van der Waals surface area contributed by atoms with Crippen molar-refractivity contribution in [1.29, 1.82) is 5.26 Å². The molecule has 1 aromatic carbocycles. The third kappa shape index (κ3) is 3.83. The lowest BCUT2D eigenvalue weighted by Gasteiger charge is -2.34. The molecule has 1 aliphatic rings. The highest BCUT2D eigenvalue weighted by Gasteiger charge is 2.24. The second-order valence-electron chi connectivity index (χ2n) is 6.39. The van der Waals surface area contributed by atoms with Gasteiger partial charge >= 0.3 is 0 Å². The highest BCUT2D eigenvalue weighted by Crippen LogP contribution is 2.32. The quantitative estimate of drug-likeness (QED) is 0.801. The maximum atomic E-state index is 12.3. The van der Waals surface area contributed by atoms with E-state index in [1.165, 1.54) is 6.07 Å². The van der Waals surface area contributed by atoms with Crippen LogP contribution < -0.4 is 4.90 Å². The van der Waals surface area contributed by atoms with Gasteiger partial charge in [0.15, 0.2) is 9.84 Å². The van der Waals surface area contributed by atoms with E-state index in [-0.39, 0.29) is 10.5 Å². The Morgan fingerprint density at radius 1 is 1.15 bits per heavy atom. The second kappa shape index (κ2) is 7.23. The predicted molar refractivity (Wildman–Crippen MR) is 102 cm³/mol. The van der Waals surface area contributed by atoms with E-state index in [4.69, 9.17) is 11.6 Å². The Bertz CT molecular complexity index is 960. The van der Waals surface area contributed by atoms with E-state index in [9.17, 15) is 13.7 Å². The van der Waals surface area contributed by atoms with Crippen LogP contribution in [0.25, 0.3) is 11.3 Å². The van der Waals surface area contributed by atoms with Gasteiger partial charge in [-0.2, -0.15) is 5.26 Å². The van der Waals surface area contributed by atoms with Crippen molar-refractivity contribution in [2.45, 2.75) is 4.90 Å². The molecule has 2 heterocycles. The summed E-state index contributed by atoms with van der Waals surface area (Å²) < 4.78 is 24.6. The Morgan fingerprint density at radius 3 is 2.31 bits per heavy atom. The van der Waals surface area contributed by atoms with Gasteiger partial charge in [0.2, 0.25) is 0 Å². The Balaban J connectivity index is 2.19. The molecule has 1 aromatic heterocycles. The first-order valence-corrected chi connectivity index (χ1v) is 10.4. The van der Waals surface area contributed by atoms with Crippen molar-refractivity contribution in [2.24, 2.45) is 0 Å². The van der Waals surface area contributed by atoms with Crippen molar-refractivity contribution < 1.29 is 8.42 Å². The van der Waals surface area contributed by atoms with Gasteiger partial charge in [-0.15, -0.1) is 0 Å². The SMILES string of the molecule is CN1CCN(c2nc(-c3ccc(Cl)cc3)c(S(C)(=O)=O)cc2C#N)CC1. The molecule has 1 aliphatic heterocycles. The minimum absolute atomic E-state index is 0.0502. The lowest BCUT2D eigenvalue weighted by molar-refractivity contribution is 0.312. The van der Waals surface area contributed by atoms with E-state index in [0.29, 0.717) is 22.1 Å². The molecule has 0 radical (unpaired) electrons.